The summed E-state index contributed by atoms with van der Waals surface area (Å²) in [5.41, 5.74) is 3.07. The molecule has 310 valence electrons. The minimum atomic E-state index is -4.27. The second-order valence-corrected chi connectivity index (χ2v) is 16.9. The smallest absolute Gasteiger partial charge is 0.407 e. The van der Waals surface area contributed by atoms with Crippen LogP contribution in [0.4, 0.5) is 4.79 Å². The van der Waals surface area contributed by atoms with Crippen molar-refractivity contribution in [3.8, 4) is 0 Å². The van der Waals surface area contributed by atoms with Gasteiger partial charge in [0.05, 0.1) is 29.6 Å². The third kappa shape index (κ3) is 25.1. The molecule has 1 aliphatic heterocycles. The van der Waals surface area contributed by atoms with Crippen molar-refractivity contribution in [2.75, 3.05) is 26.4 Å². The number of unbranched alkanes of at least 4 members (excludes halogenated alkanes) is 17. The Balaban J connectivity index is 0.000000780. The van der Waals surface area contributed by atoms with E-state index in [0.717, 1.165) is 57.1 Å². The fourth-order valence-corrected chi connectivity index (χ4v) is 7.59. The number of alkyl carbamates (subject to hydrolysis) is 1. The summed E-state index contributed by atoms with van der Waals surface area (Å²) < 4.78 is 50.7. The maximum Gasteiger partial charge on any atom is 0.407 e. The second-order valence-electron chi connectivity index (χ2n) is 14.8. The van der Waals surface area contributed by atoms with Gasteiger partial charge in [-0.2, -0.15) is 4.57 Å². The molecule has 2 N–H and O–H groups in total. The first-order valence-corrected chi connectivity index (χ1v) is 23.3. The molecule has 0 spiro atoms. The van der Waals surface area contributed by atoms with E-state index in [1.54, 1.807) is 23.5 Å². The van der Waals surface area contributed by atoms with Crippen LogP contribution in [0.3, 0.4) is 0 Å². The van der Waals surface area contributed by atoms with Gasteiger partial charge in [0.25, 0.3) is 0 Å². The molecule has 3 rings (SSSR count). The highest BCUT2D eigenvalue weighted by Crippen LogP contribution is 2.19. The van der Waals surface area contributed by atoms with E-state index in [-0.39, 0.29) is 23.2 Å². The van der Waals surface area contributed by atoms with Gasteiger partial charge in [-0.1, -0.05) is 139 Å². The largest absolute Gasteiger partial charge is 0.744 e. The van der Waals surface area contributed by atoms with Gasteiger partial charge in [-0.05, 0) is 51.2 Å². The quantitative estimate of drug-likeness (QED) is 0.0472. The summed E-state index contributed by atoms with van der Waals surface area (Å²) >= 11 is 1.72. The SMILES string of the molecule is CCCCCCCCCCCCCCCCCNC(=O)O[C@@H]1CCCO[C@H]1COCC(O)CCCCCC[n+]1ccsc1.Cc1ccc(S(=O)(=O)[O-])cc1. The molecular formula is C42H72N2O8S2. The van der Waals surface area contributed by atoms with Gasteiger partial charge < -0.3 is 29.2 Å². The predicted octanol–water partition coefficient (Wildman–Crippen LogP) is 9.41. The highest BCUT2D eigenvalue weighted by atomic mass is 32.2. The second kappa shape index (κ2) is 31.0. The van der Waals surface area contributed by atoms with E-state index in [9.17, 15) is 22.9 Å². The first kappa shape index (κ1) is 48.1. The Morgan fingerprint density at radius 2 is 1.52 bits per heavy atom. The van der Waals surface area contributed by atoms with Crippen molar-refractivity contribution in [3.63, 3.8) is 0 Å². The van der Waals surface area contributed by atoms with Gasteiger partial charge in [-0.15, -0.1) is 0 Å². The number of aliphatic hydroxyl groups is 1. The molecule has 1 aromatic carbocycles. The maximum absolute atomic E-state index is 12.4. The number of aromatic nitrogens is 1. The monoisotopic (exact) mass is 796 g/mol. The van der Waals surface area contributed by atoms with Gasteiger partial charge in [-0.3, -0.25) is 0 Å². The molecule has 0 radical (unpaired) electrons. The first-order valence-electron chi connectivity index (χ1n) is 20.9. The Bertz CT molecular complexity index is 1280. The molecule has 2 aromatic rings. The number of nitrogens with one attached hydrogen (secondary N) is 1. The molecule has 54 heavy (non-hydrogen) atoms. The van der Waals surface area contributed by atoms with Crippen molar-refractivity contribution in [1.82, 2.24) is 5.32 Å². The van der Waals surface area contributed by atoms with Crippen LogP contribution >= 0.6 is 11.3 Å². The molecule has 12 heteroatoms. The number of hydrogen-bond acceptors (Lipinski definition) is 9. The first-order chi connectivity index (χ1) is 26.2. The standard InChI is InChI=1S/C35H64N2O5S.C7H8O3S/c1-2-3-4-5-6-7-8-9-10-11-12-13-14-16-19-24-36-35(39)42-33-23-21-27-41-34(33)30-40-29-32(38)22-18-15-17-20-25-37-26-28-43-31-37;1-6-2-4-7(5-3-6)11(8,9)10/h26,28,31-34,38H,2-25,27,29-30H2,1H3;2-5H,1H3,(H,8,9,10)/t32?,33-,34+;/m1./s1. The number of aryl methyl sites for hydroxylation is 2. The van der Waals surface area contributed by atoms with E-state index in [1.807, 2.05) is 6.92 Å². The fraction of sp³-hybridized carbons (Fsp3) is 0.762. The number of nitrogens with zero attached hydrogens (tertiary/aromatic N) is 1. The molecule has 0 bridgehead atoms. The molecule has 1 aromatic heterocycles. The molecule has 1 aliphatic rings. The van der Waals surface area contributed by atoms with Crippen LogP contribution in [0.1, 0.15) is 154 Å². The number of carbonyl (C=O) groups is 1. The number of hydrogen-bond donors (Lipinski definition) is 2. The van der Waals surface area contributed by atoms with E-state index < -0.39 is 16.2 Å². The van der Waals surface area contributed by atoms with E-state index in [4.69, 9.17) is 14.2 Å². The van der Waals surface area contributed by atoms with Gasteiger partial charge in [0, 0.05) is 19.6 Å². The normalized spacial score (nSPS) is 16.4. The van der Waals surface area contributed by atoms with Crippen LogP contribution < -0.4 is 9.88 Å². The Kier molecular flexibility index (Phi) is 27.6. The molecule has 3 atom stereocenters. The number of thiazole rings is 1. The lowest BCUT2D eigenvalue weighted by Gasteiger charge is -2.31. The lowest BCUT2D eigenvalue weighted by molar-refractivity contribution is -0.692. The average molecular weight is 797 g/mol. The lowest BCUT2D eigenvalue weighted by Crippen LogP contribution is -2.43. The van der Waals surface area contributed by atoms with Crippen molar-refractivity contribution < 1.29 is 41.6 Å². The zero-order valence-electron chi connectivity index (χ0n) is 33.4. The number of rotatable bonds is 29. The Labute approximate surface area is 331 Å². The van der Waals surface area contributed by atoms with E-state index in [1.165, 1.54) is 108 Å². The summed E-state index contributed by atoms with van der Waals surface area (Å²) in [5.74, 6) is 0. The highest BCUT2D eigenvalue weighted by Gasteiger charge is 2.29. The Hall–Kier alpha value is -2.09. The predicted molar refractivity (Wildman–Crippen MR) is 216 cm³/mol. The van der Waals surface area contributed by atoms with Crippen LogP contribution in [0.2, 0.25) is 0 Å². The maximum atomic E-state index is 12.4. The van der Waals surface area contributed by atoms with Crippen LogP contribution in [0.15, 0.2) is 46.2 Å². The van der Waals surface area contributed by atoms with Crippen LogP contribution in [0, 0.1) is 6.92 Å². The minimum Gasteiger partial charge on any atom is -0.744 e. The number of carbonyl (C=O) groups excluding carboxylic acids is 1. The molecular weight excluding hydrogens is 725 g/mol. The third-order valence-corrected chi connectivity index (χ3v) is 11.3. The minimum absolute atomic E-state index is 0.178. The summed E-state index contributed by atoms with van der Waals surface area (Å²) in [6.45, 7) is 7.11. The third-order valence-electron chi connectivity index (χ3n) is 9.82. The zero-order chi connectivity index (χ0) is 39.1. The molecule has 1 unspecified atom stereocenters. The van der Waals surface area contributed by atoms with Crippen LogP contribution in [0.25, 0.3) is 0 Å². The summed E-state index contributed by atoms with van der Waals surface area (Å²) in [7, 11) is -4.27. The molecule has 10 nitrogen and oxygen atoms in total. The average Bonchev–Trinajstić information content (AvgIpc) is 3.67. The fourth-order valence-electron chi connectivity index (χ4n) is 6.49. The zero-order valence-corrected chi connectivity index (χ0v) is 35.1. The summed E-state index contributed by atoms with van der Waals surface area (Å²) in [6, 6.07) is 5.78. The van der Waals surface area contributed by atoms with Crippen LogP contribution in [0.5, 0.6) is 0 Å². The molecule has 1 saturated heterocycles. The van der Waals surface area contributed by atoms with Gasteiger partial charge in [0.15, 0.2) is 6.20 Å². The molecule has 0 saturated carbocycles. The summed E-state index contributed by atoms with van der Waals surface area (Å²) in [4.78, 5) is 12.2. The van der Waals surface area contributed by atoms with Crippen LogP contribution in [-0.2, 0) is 30.9 Å². The van der Waals surface area contributed by atoms with E-state index >= 15 is 0 Å². The summed E-state index contributed by atoms with van der Waals surface area (Å²) in [6.07, 6.45) is 27.6. The number of ether oxygens (including phenoxy) is 3. The van der Waals surface area contributed by atoms with Crippen LogP contribution in [-0.4, -0.2) is 68.8 Å². The van der Waals surface area contributed by atoms with Gasteiger partial charge in [-0.25, -0.2) is 13.2 Å². The topological polar surface area (TPSA) is 138 Å². The van der Waals surface area contributed by atoms with E-state index in [2.05, 4.69) is 33.9 Å². The summed E-state index contributed by atoms with van der Waals surface area (Å²) in [5, 5.41) is 15.3. The Morgan fingerprint density at radius 1 is 0.926 bits per heavy atom. The lowest BCUT2D eigenvalue weighted by atomic mass is 10.0. The van der Waals surface area contributed by atoms with Crippen molar-refractivity contribution in [3.05, 3.63) is 46.9 Å². The number of aliphatic hydroxyl groups excluding tert-OH is 1. The van der Waals surface area contributed by atoms with Gasteiger partial charge in [0.1, 0.15) is 28.9 Å². The molecule has 0 aliphatic carbocycles. The van der Waals surface area contributed by atoms with Crippen molar-refractivity contribution in [2.45, 2.75) is 185 Å². The van der Waals surface area contributed by atoms with Gasteiger partial charge in [0.2, 0.25) is 5.51 Å². The van der Waals surface area contributed by atoms with Crippen molar-refractivity contribution >= 4 is 27.5 Å². The highest BCUT2D eigenvalue weighted by molar-refractivity contribution is 7.85. The molecule has 1 amide bonds. The molecule has 2 heterocycles. The molecule has 1 fully saturated rings. The number of amides is 1. The van der Waals surface area contributed by atoms with Crippen molar-refractivity contribution in [2.24, 2.45) is 0 Å². The Morgan fingerprint density at radius 3 is 2.11 bits per heavy atom. The van der Waals surface area contributed by atoms with Crippen molar-refractivity contribution in [1.29, 1.82) is 0 Å². The van der Waals surface area contributed by atoms with Gasteiger partial charge >= 0.3 is 6.09 Å². The number of benzene rings is 1. The van der Waals surface area contributed by atoms with E-state index in [0.29, 0.717) is 26.4 Å².